The van der Waals surface area contributed by atoms with Crippen molar-refractivity contribution >= 4 is 11.8 Å². The van der Waals surface area contributed by atoms with Gasteiger partial charge in [0, 0.05) is 52.2 Å². The predicted molar refractivity (Wildman–Crippen MR) is 121 cm³/mol. The molecule has 1 heterocycles. The number of rotatable bonds is 5. The predicted octanol–water partition coefficient (Wildman–Crippen LogP) is 4.90. The molecule has 0 N–H and O–H groups in total. The minimum atomic E-state index is -4.94. The Morgan fingerprint density at radius 1 is 0.944 bits per heavy atom. The Labute approximate surface area is 206 Å². The summed E-state index contributed by atoms with van der Waals surface area (Å²) >= 11 is 0. The minimum Gasteiger partial charge on any atom is -0.323 e. The molecule has 11 heteroatoms. The number of benzene rings is 1. The fourth-order valence-electron chi connectivity index (χ4n) is 4.91. The van der Waals surface area contributed by atoms with E-state index in [0.717, 1.165) is 37.1 Å². The fraction of sp³-hybridized carbons (Fsp3) is 0.600. The molecule has 1 aliphatic heterocycles. The summed E-state index contributed by atoms with van der Waals surface area (Å²) in [5.74, 6) is 2.45. The second kappa shape index (κ2) is 11.1. The van der Waals surface area contributed by atoms with E-state index in [0.29, 0.717) is 44.2 Å². The van der Waals surface area contributed by atoms with Crippen molar-refractivity contribution in [2.24, 2.45) is 11.8 Å². The number of alkyl halides is 6. The van der Waals surface area contributed by atoms with Crippen LogP contribution < -0.4 is 0 Å². The van der Waals surface area contributed by atoms with Crippen LogP contribution in [0.1, 0.15) is 42.4 Å². The van der Waals surface area contributed by atoms with Crippen molar-refractivity contribution in [3.8, 4) is 12.3 Å². The molecule has 0 radical (unpaired) electrons. The molecule has 1 saturated carbocycles. The number of terminal acetylenes is 1. The summed E-state index contributed by atoms with van der Waals surface area (Å²) in [7, 11) is 1.36. The lowest BCUT2D eigenvalue weighted by Gasteiger charge is -2.39. The standard InChI is InChI=1S/C25H29F6N3O2/c1-3-22(35)19-6-4-17(5-7-19)16-33-8-10-34(11-9-33)23(36)32(2)15-18-12-20(24(26,27)28)14-21(13-18)25(29,30)31/h1,12-14,17,19H,4-11,15-16H2,2H3. The maximum atomic E-state index is 13.1. The topological polar surface area (TPSA) is 43.9 Å². The summed E-state index contributed by atoms with van der Waals surface area (Å²) in [6, 6.07) is 0.907. The van der Waals surface area contributed by atoms with Gasteiger partial charge in [-0.25, -0.2) is 4.79 Å². The molecule has 0 atom stereocenters. The van der Waals surface area contributed by atoms with Gasteiger partial charge in [-0.05, 0) is 61.3 Å². The molecule has 1 aliphatic carbocycles. The lowest BCUT2D eigenvalue weighted by Crippen LogP contribution is -2.52. The molecule has 198 valence electrons. The zero-order valence-electron chi connectivity index (χ0n) is 20.0. The zero-order valence-corrected chi connectivity index (χ0v) is 20.0. The summed E-state index contributed by atoms with van der Waals surface area (Å²) in [5.41, 5.74) is -3.05. The molecule has 1 saturated heterocycles. The van der Waals surface area contributed by atoms with Crippen LogP contribution in [0.5, 0.6) is 0 Å². The number of hydrogen-bond donors (Lipinski definition) is 0. The number of halogens is 6. The Morgan fingerprint density at radius 2 is 1.47 bits per heavy atom. The van der Waals surface area contributed by atoms with Gasteiger partial charge in [-0.2, -0.15) is 26.3 Å². The monoisotopic (exact) mass is 517 g/mol. The van der Waals surface area contributed by atoms with Crippen molar-refractivity contribution in [1.82, 2.24) is 14.7 Å². The minimum absolute atomic E-state index is 0.0553. The lowest BCUT2D eigenvalue weighted by molar-refractivity contribution is -0.143. The molecule has 36 heavy (non-hydrogen) atoms. The number of carbonyl (C=O) groups excluding carboxylic acids is 2. The van der Waals surface area contributed by atoms with Crippen molar-refractivity contribution in [3.63, 3.8) is 0 Å². The molecule has 1 aromatic rings. The highest BCUT2D eigenvalue weighted by Crippen LogP contribution is 2.36. The molecule has 2 amide bonds. The van der Waals surface area contributed by atoms with Crippen molar-refractivity contribution in [1.29, 1.82) is 0 Å². The average Bonchev–Trinajstić information content (AvgIpc) is 2.82. The summed E-state index contributed by atoms with van der Waals surface area (Å²) in [6.07, 6.45) is -1.29. The molecule has 5 nitrogen and oxygen atoms in total. The molecule has 0 spiro atoms. The van der Waals surface area contributed by atoms with E-state index in [1.165, 1.54) is 7.05 Å². The van der Waals surface area contributed by atoms with Crippen molar-refractivity contribution in [3.05, 3.63) is 34.9 Å². The molecule has 3 rings (SSSR count). The number of Topliss-reactive ketones (excluding diaryl/α,β-unsaturated/α-hetero) is 1. The van der Waals surface area contributed by atoms with E-state index in [1.807, 2.05) is 0 Å². The van der Waals surface area contributed by atoms with Gasteiger partial charge in [0.25, 0.3) is 0 Å². The van der Waals surface area contributed by atoms with Crippen LogP contribution in [0.2, 0.25) is 0 Å². The number of piperazine rings is 1. The molecule has 2 fully saturated rings. The third kappa shape index (κ3) is 7.15. The van der Waals surface area contributed by atoms with Gasteiger partial charge >= 0.3 is 18.4 Å². The van der Waals surface area contributed by atoms with Crippen LogP contribution >= 0.6 is 0 Å². The van der Waals surface area contributed by atoms with E-state index in [9.17, 15) is 35.9 Å². The maximum Gasteiger partial charge on any atom is 0.416 e. The Morgan fingerprint density at radius 3 is 1.94 bits per heavy atom. The summed E-state index contributed by atoms with van der Waals surface area (Å²) < 4.78 is 78.7. The largest absolute Gasteiger partial charge is 0.416 e. The SMILES string of the molecule is C#CC(=O)C1CCC(CN2CCN(C(=O)N(C)Cc3cc(C(F)(F)F)cc(C(F)(F)F)c3)CC2)CC1. The number of ketones is 1. The first-order valence-corrected chi connectivity index (χ1v) is 11.8. The second-order valence-electron chi connectivity index (χ2n) is 9.57. The molecule has 2 aliphatic rings. The highest BCUT2D eigenvalue weighted by Gasteiger charge is 2.37. The lowest BCUT2D eigenvalue weighted by atomic mass is 9.80. The van der Waals surface area contributed by atoms with Crippen LogP contribution in [-0.4, -0.2) is 66.3 Å². The van der Waals surface area contributed by atoms with E-state index in [1.54, 1.807) is 4.90 Å². The normalized spacial score (nSPS) is 21.7. The van der Waals surface area contributed by atoms with Gasteiger partial charge in [0.2, 0.25) is 5.78 Å². The van der Waals surface area contributed by atoms with Crippen LogP contribution in [0.3, 0.4) is 0 Å². The first-order valence-electron chi connectivity index (χ1n) is 11.8. The number of hydrogen-bond acceptors (Lipinski definition) is 3. The smallest absolute Gasteiger partial charge is 0.323 e. The highest BCUT2D eigenvalue weighted by molar-refractivity contribution is 5.96. The third-order valence-corrected chi connectivity index (χ3v) is 6.91. The van der Waals surface area contributed by atoms with E-state index >= 15 is 0 Å². The molecule has 0 aromatic heterocycles. The summed E-state index contributed by atoms with van der Waals surface area (Å²) in [5, 5.41) is 0. The summed E-state index contributed by atoms with van der Waals surface area (Å²) in [6.45, 7) is 2.51. The third-order valence-electron chi connectivity index (χ3n) is 6.91. The quantitative estimate of drug-likeness (QED) is 0.317. The Bertz CT molecular complexity index is 953. The molecular formula is C25H29F6N3O2. The number of urea groups is 1. The average molecular weight is 518 g/mol. The van der Waals surface area contributed by atoms with Crippen LogP contribution in [0.25, 0.3) is 0 Å². The number of nitrogens with zero attached hydrogens (tertiary/aromatic N) is 3. The molecule has 0 unspecified atom stereocenters. The van der Waals surface area contributed by atoms with E-state index in [2.05, 4.69) is 10.8 Å². The Hall–Kier alpha value is -2.74. The Balaban J connectivity index is 1.53. The first-order chi connectivity index (χ1) is 16.8. The van der Waals surface area contributed by atoms with Gasteiger partial charge in [-0.3, -0.25) is 9.69 Å². The van der Waals surface area contributed by atoms with Crippen molar-refractivity contribution in [2.45, 2.75) is 44.6 Å². The number of carbonyl (C=O) groups is 2. The maximum absolute atomic E-state index is 13.1. The van der Waals surface area contributed by atoms with E-state index < -0.39 is 29.5 Å². The molecular weight excluding hydrogens is 488 g/mol. The first kappa shape index (κ1) is 27.8. The van der Waals surface area contributed by atoms with Gasteiger partial charge in [0.15, 0.2) is 0 Å². The van der Waals surface area contributed by atoms with E-state index in [-0.39, 0.29) is 29.9 Å². The fourth-order valence-corrected chi connectivity index (χ4v) is 4.91. The summed E-state index contributed by atoms with van der Waals surface area (Å²) in [4.78, 5) is 29.4. The van der Waals surface area contributed by atoms with Gasteiger partial charge < -0.3 is 9.80 Å². The highest BCUT2D eigenvalue weighted by atomic mass is 19.4. The van der Waals surface area contributed by atoms with Crippen molar-refractivity contribution < 1.29 is 35.9 Å². The second-order valence-corrected chi connectivity index (χ2v) is 9.57. The van der Waals surface area contributed by atoms with Gasteiger partial charge in [0.05, 0.1) is 11.1 Å². The number of amides is 2. The van der Waals surface area contributed by atoms with Gasteiger partial charge in [-0.15, -0.1) is 6.42 Å². The Kier molecular flexibility index (Phi) is 8.59. The van der Waals surface area contributed by atoms with Crippen LogP contribution in [0.15, 0.2) is 18.2 Å². The van der Waals surface area contributed by atoms with Crippen molar-refractivity contribution in [2.75, 3.05) is 39.8 Å². The van der Waals surface area contributed by atoms with E-state index in [4.69, 9.17) is 6.42 Å². The van der Waals surface area contributed by atoms with Crippen LogP contribution in [-0.2, 0) is 23.7 Å². The zero-order chi connectivity index (χ0) is 26.7. The van der Waals surface area contributed by atoms with Crippen LogP contribution in [0, 0.1) is 24.2 Å². The van der Waals surface area contributed by atoms with Crippen LogP contribution in [0.4, 0.5) is 31.1 Å². The van der Waals surface area contributed by atoms with Gasteiger partial charge in [-0.1, -0.05) is 0 Å². The molecule has 0 bridgehead atoms. The van der Waals surface area contributed by atoms with Gasteiger partial charge in [0.1, 0.15) is 0 Å². The molecule has 1 aromatic carbocycles.